The van der Waals surface area contributed by atoms with Crippen LogP contribution in [-0.4, -0.2) is 53.0 Å². The van der Waals surface area contributed by atoms with Crippen LogP contribution in [0.2, 0.25) is 0 Å². The third-order valence-corrected chi connectivity index (χ3v) is 5.90. The second-order valence-electron chi connectivity index (χ2n) is 7.10. The fourth-order valence-electron chi connectivity index (χ4n) is 3.87. The van der Waals surface area contributed by atoms with Crippen molar-refractivity contribution in [1.82, 2.24) is 14.5 Å². The molecule has 0 bridgehead atoms. The molecule has 2 aromatic rings. The predicted octanol–water partition coefficient (Wildman–Crippen LogP) is 2.56. The summed E-state index contributed by atoms with van der Waals surface area (Å²) in [5.41, 5.74) is -0.145. The van der Waals surface area contributed by atoms with Crippen LogP contribution in [0, 0.1) is 12.8 Å². The maximum absolute atomic E-state index is 6.30. The van der Waals surface area contributed by atoms with E-state index in [9.17, 15) is 0 Å². The van der Waals surface area contributed by atoms with Crippen molar-refractivity contribution < 1.29 is 9.47 Å². The van der Waals surface area contributed by atoms with E-state index in [1.807, 2.05) is 30.1 Å². The molecule has 0 aliphatic carbocycles. The van der Waals surface area contributed by atoms with Crippen LogP contribution in [0.15, 0.2) is 30.9 Å². The quantitative estimate of drug-likeness (QED) is 0.852. The fraction of sp³-hybridized carbons (Fsp3) is 0.611. The Morgan fingerprint density at radius 2 is 2.38 bits per heavy atom. The van der Waals surface area contributed by atoms with Gasteiger partial charge >= 0.3 is 0 Å². The zero-order chi connectivity index (χ0) is 16.4. The zero-order valence-electron chi connectivity index (χ0n) is 14.2. The second-order valence-corrected chi connectivity index (χ2v) is 8.47. The molecule has 0 saturated carbocycles. The molecule has 2 fully saturated rings. The van der Waals surface area contributed by atoms with Crippen LogP contribution in [0.5, 0.6) is 0 Å². The van der Waals surface area contributed by atoms with Gasteiger partial charge in [0.05, 0.1) is 26.1 Å². The molecular formula is C18H25N3O2S. The van der Waals surface area contributed by atoms with Gasteiger partial charge in [0.15, 0.2) is 0 Å². The van der Waals surface area contributed by atoms with Gasteiger partial charge in [-0.15, -0.1) is 11.3 Å². The number of aryl methyl sites for hydroxylation is 1. The van der Waals surface area contributed by atoms with E-state index < -0.39 is 0 Å². The first kappa shape index (κ1) is 16.3. The highest BCUT2D eigenvalue weighted by Gasteiger charge is 2.43. The molecule has 0 radical (unpaired) electrons. The van der Waals surface area contributed by atoms with Crippen molar-refractivity contribution in [2.24, 2.45) is 5.92 Å². The van der Waals surface area contributed by atoms with E-state index in [1.54, 1.807) is 0 Å². The van der Waals surface area contributed by atoms with Crippen LogP contribution in [-0.2, 0) is 22.6 Å². The van der Waals surface area contributed by atoms with Crippen molar-refractivity contribution >= 4 is 11.3 Å². The molecule has 0 aromatic carbocycles. The van der Waals surface area contributed by atoms with Crippen molar-refractivity contribution in [3.8, 4) is 0 Å². The summed E-state index contributed by atoms with van der Waals surface area (Å²) in [6.45, 7) is 8.41. The van der Waals surface area contributed by atoms with Gasteiger partial charge in [-0.25, -0.2) is 4.98 Å². The van der Waals surface area contributed by atoms with E-state index in [0.29, 0.717) is 12.5 Å². The summed E-state index contributed by atoms with van der Waals surface area (Å²) < 4.78 is 14.4. The van der Waals surface area contributed by atoms with Gasteiger partial charge in [0.2, 0.25) is 0 Å². The number of hydrogen-bond donors (Lipinski definition) is 0. The molecule has 2 saturated heterocycles. The summed E-state index contributed by atoms with van der Waals surface area (Å²) >= 11 is 1.89. The van der Waals surface area contributed by atoms with E-state index in [2.05, 4.69) is 33.5 Å². The van der Waals surface area contributed by atoms with Crippen molar-refractivity contribution in [1.29, 1.82) is 0 Å². The smallest absolute Gasteiger partial charge is 0.104 e. The van der Waals surface area contributed by atoms with Crippen molar-refractivity contribution in [2.75, 3.05) is 32.9 Å². The Bertz CT molecular complexity index is 657. The number of hydrogen-bond acceptors (Lipinski definition) is 5. The van der Waals surface area contributed by atoms with Gasteiger partial charge in [-0.05, 0) is 25.5 Å². The zero-order valence-corrected chi connectivity index (χ0v) is 15.0. The molecule has 6 heteroatoms. The highest BCUT2D eigenvalue weighted by molar-refractivity contribution is 7.11. The average Bonchev–Trinajstić information content (AvgIpc) is 3.25. The van der Waals surface area contributed by atoms with Crippen molar-refractivity contribution in [2.45, 2.75) is 32.0 Å². The maximum Gasteiger partial charge on any atom is 0.104 e. The Balaban J connectivity index is 1.40. The minimum Gasteiger partial charge on any atom is -0.377 e. The first-order valence-corrected chi connectivity index (χ1v) is 9.48. The summed E-state index contributed by atoms with van der Waals surface area (Å²) in [4.78, 5) is 9.44. The van der Waals surface area contributed by atoms with Crippen LogP contribution >= 0.6 is 11.3 Å². The van der Waals surface area contributed by atoms with E-state index in [1.165, 1.54) is 9.75 Å². The van der Waals surface area contributed by atoms with Crippen molar-refractivity contribution in [3.63, 3.8) is 0 Å². The van der Waals surface area contributed by atoms with E-state index in [4.69, 9.17) is 9.47 Å². The van der Waals surface area contributed by atoms with Crippen LogP contribution in [0.25, 0.3) is 0 Å². The number of ether oxygens (including phenoxy) is 2. The maximum atomic E-state index is 6.30. The molecule has 2 aromatic heterocycles. The molecule has 4 heterocycles. The van der Waals surface area contributed by atoms with E-state index >= 15 is 0 Å². The molecule has 2 aliphatic rings. The normalized spacial score (nSPS) is 28.5. The Morgan fingerprint density at radius 3 is 3.17 bits per heavy atom. The Hall–Kier alpha value is -1.21. The lowest BCUT2D eigenvalue weighted by atomic mass is 9.94. The molecule has 4 rings (SSSR count). The molecule has 0 N–H and O–H groups in total. The molecule has 0 amide bonds. The van der Waals surface area contributed by atoms with E-state index in [-0.39, 0.29) is 5.60 Å². The fourth-order valence-corrected chi connectivity index (χ4v) is 4.80. The Morgan fingerprint density at radius 1 is 1.42 bits per heavy atom. The summed E-state index contributed by atoms with van der Waals surface area (Å²) in [6.07, 6.45) is 6.82. The van der Waals surface area contributed by atoms with E-state index in [0.717, 1.165) is 45.8 Å². The number of rotatable bonds is 4. The van der Waals surface area contributed by atoms with Gasteiger partial charge in [0, 0.05) is 54.2 Å². The summed E-state index contributed by atoms with van der Waals surface area (Å²) in [5, 5.41) is 0. The average molecular weight is 347 g/mol. The Labute approximate surface area is 147 Å². The third kappa shape index (κ3) is 3.72. The third-order valence-electron chi connectivity index (χ3n) is 4.92. The molecule has 5 nitrogen and oxygen atoms in total. The number of nitrogens with zero attached hydrogens (tertiary/aromatic N) is 3. The van der Waals surface area contributed by atoms with Gasteiger partial charge in [0.1, 0.15) is 5.60 Å². The molecule has 24 heavy (non-hydrogen) atoms. The van der Waals surface area contributed by atoms with Crippen LogP contribution < -0.4 is 0 Å². The lowest BCUT2D eigenvalue weighted by Gasteiger charge is -2.31. The molecule has 1 spiro atoms. The Kier molecular flexibility index (Phi) is 4.72. The SMILES string of the molecule is Cc1ccc(CN2CCOC[C@]3(C[C@H](Cn4ccnc4)CO3)C2)s1. The minimum atomic E-state index is -0.145. The monoisotopic (exact) mass is 347 g/mol. The first-order chi connectivity index (χ1) is 11.7. The molecule has 2 atom stereocenters. The minimum absolute atomic E-state index is 0.145. The lowest BCUT2D eigenvalue weighted by molar-refractivity contribution is -0.0562. The van der Waals surface area contributed by atoms with Crippen LogP contribution in [0.1, 0.15) is 16.2 Å². The number of imidazole rings is 1. The number of thiophene rings is 1. The van der Waals surface area contributed by atoms with Crippen LogP contribution in [0.3, 0.4) is 0 Å². The van der Waals surface area contributed by atoms with Crippen LogP contribution in [0.4, 0.5) is 0 Å². The standard InChI is InChI=1S/C18H25N3O2S/c1-15-2-3-17(24-15)10-20-6-7-22-13-18(12-20)8-16(11-23-18)9-21-5-4-19-14-21/h2-5,14,16H,6-13H2,1H3/t16-,18+/m1/s1. The molecular weight excluding hydrogens is 322 g/mol. The van der Waals surface area contributed by atoms with Gasteiger partial charge < -0.3 is 14.0 Å². The van der Waals surface area contributed by atoms with Gasteiger partial charge in [-0.3, -0.25) is 4.90 Å². The summed E-state index contributed by atoms with van der Waals surface area (Å²) in [7, 11) is 0. The van der Waals surface area contributed by atoms with Gasteiger partial charge in [-0.1, -0.05) is 0 Å². The van der Waals surface area contributed by atoms with Crippen molar-refractivity contribution in [3.05, 3.63) is 40.6 Å². The highest BCUT2D eigenvalue weighted by Crippen LogP contribution is 2.34. The van der Waals surface area contributed by atoms with Gasteiger partial charge in [-0.2, -0.15) is 0 Å². The lowest BCUT2D eigenvalue weighted by Crippen LogP contribution is -2.43. The number of aromatic nitrogens is 2. The predicted molar refractivity (Wildman–Crippen MR) is 94.2 cm³/mol. The van der Waals surface area contributed by atoms with Gasteiger partial charge in [0.25, 0.3) is 0 Å². The topological polar surface area (TPSA) is 39.5 Å². The first-order valence-electron chi connectivity index (χ1n) is 8.66. The summed E-state index contributed by atoms with van der Waals surface area (Å²) in [5.74, 6) is 0.534. The highest BCUT2D eigenvalue weighted by atomic mass is 32.1. The molecule has 0 unspecified atom stereocenters. The second kappa shape index (κ2) is 6.96. The molecule has 2 aliphatic heterocycles. The molecule has 130 valence electrons. The summed E-state index contributed by atoms with van der Waals surface area (Å²) in [6, 6.07) is 4.45. The largest absolute Gasteiger partial charge is 0.377 e.